The van der Waals surface area contributed by atoms with Crippen LogP contribution in [0.15, 0.2) is 30.3 Å². The van der Waals surface area contributed by atoms with Crippen LogP contribution < -0.4 is 10.6 Å². The molecule has 3 rings (SSSR count). The minimum absolute atomic E-state index is 0.0204. The van der Waals surface area contributed by atoms with Crippen LogP contribution in [0.4, 0.5) is 5.69 Å². The average molecular weight is 328 g/mol. The van der Waals surface area contributed by atoms with E-state index in [4.69, 9.17) is 0 Å². The molecule has 0 unspecified atom stereocenters. The Balaban J connectivity index is 1.74. The molecule has 4 heteroatoms. The Morgan fingerprint density at radius 3 is 2.87 bits per heavy atom. The number of fused-ring (bicyclic) bond motifs is 1. The molecular weight excluding hydrogens is 304 g/mol. The van der Waals surface area contributed by atoms with Crippen molar-refractivity contribution in [3.8, 4) is 0 Å². The largest absolute Gasteiger partial charge is 0.321 e. The van der Waals surface area contributed by atoms with Crippen molar-refractivity contribution in [3.63, 3.8) is 0 Å². The Labute approximate surface area is 142 Å². The van der Waals surface area contributed by atoms with Crippen LogP contribution in [0, 0.1) is 0 Å². The number of amides is 1. The van der Waals surface area contributed by atoms with E-state index in [0.717, 1.165) is 42.1 Å². The molecule has 2 N–H and O–H groups in total. The lowest BCUT2D eigenvalue weighted by Crippen LogP contribution is -2.16. The second kappa shape index (κ2) is 7.75. The van der Waals surface area contributed by atoms with Gasteiger partial charge in [0.15, 0.2) is 0 Å². The molecule has 1 aromatic heterocycles. The van der Waals surface area contributed by atoms with Gasteiger partial charge in [-0.3, -0.25) is 4.79 Å². The number of carbonyl (C=O) groups is 1. The van der Waals surface area contributed by atoms with Gasteiger partial charge in [0.05, 0.1) is 4.88 Å². The van der Waals surface area contributed by atoms with E-state index in [2.05, 4.69) is 29.7 Å². The molecule has 0 radical (unpaired) electrons. The lowest BCUT2D eigenvalue weighted by atomic mass is 10.1. The molecule has 0 saturated carbocycles. The van der Waals surface area contributed by atoms with Crippen molar-refractivity contribution in [2.24, 2.45) is 0 Å². The maximum absolute atomic E-state index is 12.6. The van der Waals surface area contributed by atoms with Gasteiger partial charge in [-0.1, -0.05) is 31.5 Å². The molecule has 122 valence electrons. The van der Waals surface area contributed by atoms with E-state index in [-0.39, 0.29) is 5.91 Å². The number of hydrogen-bond donors (Lipinski definition) is 2. The third kappa shape index (κ3) is 4.01. The van der Waals surface area contributed by atoms with E-state index in [0.29, 0.717) is 0 Å². The number of aryl methyl sites for hydroxylation is 2. The molecule has 1 amide bonds. The highest BCUT2D eigenvalue weighted by Crippen LogP contribution is 2.29. The smallest absolute Gasteiger partial charge is 0.265 e. The van der Waals surface area contributed by atoms with Crippen molar-refractivity contribution >= 4 is 22.9 Å². The first-order chi connectivity index (χ1) is 11.3. The zero-order chi connectivity index (χ0) is 16.1. The first kappa shape index (κ1) is 16.2. The van der Waals surface area contributed by atoms with Gasteiger partial charge in [0.2, 0.25) is 0 Å². The van der Waals surface area contributed by atoms with Crippen LogP contribution in [-0.2, 0) is 19.4 Å². The van der Waals surface area contributed by atoms with Crippen LogP contribution in [0.1, 0.15) is 51.9 Å². The number of rotatable bonds is 5. The Hall–Kier alpha value is -1.65. The van der Waals surface area contributed by atoms with Crippen molar-refractivity contribution in [2.45, 2.75) is 45.6 Å². The maximum Gasteiger partial charge on any atom is 0.265 e. The second-order valence-corrected chi connectivity index (χ2v) is 7.15. The van der Waals surface area contributed by atoms with Gasteiger partial charge in [0.1, 0.15) is 0 Å². The molecule has 0 atom stereocenters. The van der Waals surface area contributed by atoms with Gasteiger partial charge in [-0.2, -0.15) is 0 Å². The summed E-state index contributed by atoms with van der Waals surface area (Å²) in [5.41, 5.74) is 3.42. The molecule has 2 aromatic rings. The first-order valence-corrected chi connectivity index (χ1v) is 9.31. The third-order valence-corrected chi connectivity index (χ3v) is 5.54. The Bertz CT molecular complexity index is 654. The fourth-order valence-electron chi connectivity index (χ4n) is 3.02. The molecule has 0 aliphatic heterocycles. The van der Waals surface area contributed by atoms with Gasteiger partial charge in [-0.15, -0.1) is 11.3 Å². The molecule has 1 heterocycles. The maximum atomic E-state index is 12.6. The van der Waals surface area contributed by atoms with Gasteiger partial charge in [0, 0.05) is 17.1 Å². The third-order valence-electron chi connectivity index (χ3n) is 4.30. The summed E-state index contributed by atoms with van der Waals surface area (Å²) in [6.45, 7) is 3.77. The Morgan fingerprint density at radius 1 is 1.17 bits per heavy atom. The lowest BCUT2D eigenvalue weighted by Gasteiger charge is -2.10. The molecule has 0 fully saturated rings. The number of para-hydroxylation sites is 1. The summed E-state index contributed by atoms with van der Waals surface area (Å²) < 4.78 is 0. The van der Waals surface area contributed by atoms with Gasteiger partial charge in [-0.25, -0.2) is 0 Å². The van der Waals surface area contributed by atoms with Crippen molar-refractivity contribution in [3.05, 3.63) is 51.2 Å². The fraction of sp³-hybridized carbons (Fsp3) is 0.421. The SMILES string of the molecule is CCNCc1ccccc1NC(=O)c1cc2c(s1)CCCCC2. The predicted molar refractivity (Wildman–Crippen MR) is 97.4 cm³/mol. The molecule has 0 saturated heterocycles. The second-order valence-electron chi connectivity index (χ2n) is 6.01. The van der Waals surface area contributed by atoms with Gasteiger partial charge in [0.25, 0.3) is 5.91 Å². The van der Waals surface area contributed by atoms with Crippen molar-refractivity contribution in [1.82, 2.24) is 5.32 Å². The molecule has 1 aliphatic carbocycles. The number of carbonyl (C=O) groups excluding carboxylic acids is 1. The van der Waals surface area contributed by atoms with Gasteiger partial charge >= 0.3 is 0 Å². The van der Waals surface area contributed by atoms with Crippen LogP contribution in [0.25, 0.3) is 0 Å². The van der Waals surface area contributed by atoms with Crippen LogP contribution in [-0.4, -0.2) is 12.5 Å². The summed E-state index contributed by atoms with van der Waals surface area (Å²) in [6, 6.07) is 10.1. The summed E-state index contributed by atoms with van der Waals surface area (Å²) in [5, 5.41) is 6.41. The van der Waals surface area contributed by atoms with Crippen LogP contribution in [0.3, 0.4) is 0 Å². The zero-order valence-electron chi connectivity index (χ0n) is 13.7. The highest BCUT2D eigenvalue weighted by Gasteiger charge is 2.17. The van der Waals surface area contributed by atoms with Crippen LogP contribution in [0.2, 0.25) is 0 Å². The Kier molecular flexibility index (Phi) is 5.47. The van der Waals surface area contributed by atoms with E-state index < -0.39 is 0 Å². The minimum atomic E-state index is 0.0204. The summed E-state index contributed by atoms with van der Waals surface area (Å²) in [6.07, 6.45) is 6.05. The number of thiophene rings is 1. The molecule has 0 bridgehead atoms. The average Bonchev–Trinajstić information content (AvgIpc) is 2.85. The van der Waals surface area contributed by atoms with Crippen molar-refractivity contribution in [1.29, 1.82) is 0 Å². The molecule has 3 nitrogen and oxygen atoms in total. The normalized spacial score (nSPS) is 14.1. The standard InChI is InChI=1S/C19H24N2OS/c1-2-20-13-15-9-6-7-10-16(15)21-19(22)18-12-14-8-4-3-5-11-17(14)23-18/h6-7,9-10,12,20H,2-5,8,11,13H2,1H3,(H,21,22). The van der Waals surface area contributed by atoms with E-state index in [1.54, 1.807) is 11.3 Å². The minimum Gasteiger partial charge on any atom is -0.321 e. The Morgan fingerprint density at radius 2 is 2.00 bits per heavy atom. The number of benzene rings is 1. The van der Waals surface area contributed by atoms with Crippen LogP contribution in [0.5, 0.6) is 0 Å². The number of hydrogen-bond acceptors (Lipinski definition) is 3. The van der Waals surface area contributed by atoms with Crippen LogP contribution >= 0.6 is 11.3 Å². The summed E-state index contributed by atoms with van der Waals surface area (Å²) in [5.74, 6) is 0.0204. The topological polar surface area (TPSA) is 41.1 Å². The highest BCUT2D eigenvalue weighted by molar-refractivity contribution is 7.14. The molecule has 0 spiro atoms. The summed E-state index contributed by atoms with van der Waals surface area (Å²) in [4.78, 5) is 14.9. The van der Waals surface area contributed by atoms with E-state index in [9.17, 15) is 4.79 Å². The molecule has 1 aromatic carbocycles. The summed E-state index contributed by atoms with van der Waals surface area (Å²) in [7, 11) is 0. The highest BCUT2D eigenvalue weighted by atomic mass is 32.1. The van der Waals surface area contributed by atoms with E-state index >= 15 is 0 Å². The van der Waals surface area contributed by atoms with E-state index in [1.165, 1.54) is 29.7 Å². The molecule has 23 heavy (non-hydrogen) atoms. The predicted octanol–water partition coefficient (Wildman–Crippen LogP) is 4.38. The fourth-order valence-corrected chi connectivity index (χ4v) is 4.17. The first-order valence-electron chi connectivity index (χ1n) is 8.49. The van der Waals surface area contributed by atoms with Crippen molar-refractivity contribution < 1.29 is 4.79 Å². The number of anilines is 1. The van der Waals surface area contributed by atoms with Gasteiger partial charge in [-0.05, 0) is 55.5 Å². The quantitative estimate of drug-likeness (QED) is 0.800. The summed E-state index contributed by atoms with van der Waals surface area (Å²) >= 11 is 1.67. The molecular formula is C19H24N2OS. The molecule has 1 aliphatic rings. The van der Waals surface area contributed by atoms with Gasteiger partial charge < -0.3 is 10.6 Å². The van der Waals surface area contributed by atoms with E-state index in [1.807, 2.05) is 18.2 Å². The number of nitrogens with one attached hydrogen (secondary N) is 2. The van der Waals surface area contributed by atoms with Crippen molar-refractivity contribution in [2.75, 3.05) is 11.9 Å². The zero-order valence-corrected chi connectivity index (χ0v) is 14.5. The monoisotopic (exact) mass is 328 g/mol. The lowest BCUT2D eigenvalue weighted by molar-refractivity contribution is 0.103.